The molecule has 10 N–H and O–H groups in total. The van der Waals surface area contributed by atoms with Gasteiger partial charge in [-0.2, -0.15) is 4.31 Å². The Hall–Kier alpha value is -2.44. The minimum atomic E-state index is -5.58. The molecule has 2 amide bonds. The summed E-state index contributed by atoms with van der Waals surface area (Å²) in [5.74, 6) is -0.179. The molecule has 1 fully saturated rings. The van der Waals surface area contributed by atoms with E-state index in [1.165, 1.54) is 97.3 Å². The Morgan fingerprint density at radius 3 is 2.09 bits per heavy atom. The smallest absolute Gasteiger partial charge is 0.386 e. The second-order valence-corrected chi connectivity index (χ2v) is 23.7. The zero-order valence-corrected chi connectivity index (χ0v) is 44.2. The van der Waals surface area contributed by atoms with Crippen LogP contribution in [-0.4, -0.2) is 123 Å². The number of amides is 2. The maximum absolute atomic E-state index is 12.8. The van der Waals surface area contributed by atoms with Crippen LogP contribution in [0.2, 0.25) is 0 Å². The van der Waals surface area contributed by atoms with Gasteiger partial charge < -0.3 is 50.9 Å². The van der Waals surface area contributed by atoms with Gasteiger partial charge in [-0.15, -0.1) is 0 Å². The molecule has 0 bridgehead atoms. The largest absolute Gasteiger partial charge is 0.481 e. The summed E-state index contributed by atoms with van der Waals surface area (Å²) in [6.45, 7) is 5.23. The lowest BCUT2D eigenvalue weighted by Gasteiger charge is -2.30. The number of hydrogen-bond acceptors (Lipinski definition) is 18. The molecule has 0 aromatic carbocycles. The van der Waals surface area contributed by atoms with Crippen molar-refractivity contribution in [1.82, 2.24) is 30.2 Å². The monoisotopic (exact) mass is 1080 g/mol. The molecule has 0 spiro atoms. The Bertz CT molecular complexity index is 2070. The first-order valence-corrected chi connectivity index (χ1v) is 29.5. The van der Waals surface area contributed by atoms with Crippen LogP contribution in [0.15, 0.2) is 12.7 Å². The van der Waals surface area contributed by atoms with Crippen molar-refractivity contribution in [2.45, 2.75) is 174 Å². The normalized spacial score (nSPS) is 20.2. The number of carbonyl (C=O) groups is 3. The van der Waals surface area contributed by atoms with Gasteiger partial charge in [0.25, 0.3) is 0 Å². The van der Waals surface area contributed by atoms with E-state index in [0.717, 1.165) is 54.2 Å². The topological polar surface area (TPSA) is 364 Å². The number of rotatable bonds is 37. The number of thioether (sulfide) groups is 1. The molecule has 0 aliphatic carbocycles. The number of phosphoric acid groups is 3. The average molecular weight is 1080 g/mol. The number of nitrogens with two attached hydrogens (primary N) is 1. The second-order valence-electron chi connectivity index (χ2n) is 18.3. The third-order valence-electron chi connectivity index (χ3n) is 11.6. The number of aliphatic hydroxyl groups excluding tert-OH is 2. The molecule has 1 aliphatic heterocycles. The fraction of sp³-hybridized carbons (Fsp3) is 0.810. The first-order valence-electron chi connectivity index (χ1n) is 24.0. The first kappa shape index (κ1) is 61.9. The van der Waals surface area contributed by atoms with Crippen molar-refractivity contribution in [3.63, 3.8) is 0 Å². The minimum absolute atomic E-state index is 0.0341. The van der Waals surface area contributed by atoms with Gasteiger partial charge in [-0.25, -0.2) is 28.6 Å². The summed E-state index contributed by atoms with van der Waals surface area (Å²) in [7, 11) is -16.4. The number of carbonyl (C=O) groups excluding carboxylic acids is 3. The molecule has 402 valence electrons. The molecular weight excluding hydrogens is 999 g/mol. The van der Waals surface area contributed by atoms with Crippen LogP contribution in [0, 0.1) is 11.3 Å². The molecule has 0 radical (unpaired) electrons. The Balaban J connectivity index is 1.27. The average Bonchev–Trinajstić information content (AvgIpc) is 3.84. The second kappa shape index (κ2) is 30.7. The van der Waals surface area contributed by atoms with Gasteiger partial charge in [-0.1, -0.05) is 136 Å². The lowest BCUT2D eigenvalue weighted by molar-refractivity contribution is -0.137. The minimum Gasteiger partial charge on any atom is -0.386 e. The molecule has 28 heteroatoms. The summed E-state index contributed by atoms with van der Waals surface area (Å²) in [5.41, 5.74) is 4.29. The molecule has 8 atom stereocenters. The fourth-order valence-corrected chi connectivity index (χ4v) is 11.2. The third kappa shape index (κ3) is 23.2. The summed E-state index contributed by atoms with van der Waals surface area (Å²) in [6, 6.07) is 0. The van der Waals surface area contributed by atoms with Gasteiger partial charge in [0.1, 0.15) is 36.3 Å². The first-order chi connectivity index (χ1) is 32.9. The van der Waals surface area contributed by atoms with Crippen molar-refractivity contribution >= 4 is 69.1 Å². The standard InChI is InChI=1S/C42H76N7O17P3S/c1-5-6-7-13-16-19-30(2)20-17-14-11-9-8-10-12-15-18-21-33(51)70-25-24-44-32(50)22-23-45-40(54)37(53)42(3,4)27-63-69(60,61)66-68(58,59)62-26-31-36(65-67(55,56)57)35(52)41(64-31)49-29-48-34-38(43)46-28-47-39(34)49/h28-31,35-37,41,52-53H,5-27H2,1-4H3,(H,44,50)(H,45,54)(H,58,59)(H,60,61)(H2,43,46,47)(H2,55,56,57). The number of unbranched alkanes of at least 4 members (excludes halogenated alkanes) is 12. The molecule has 3 heterocycles. The summed E-state index contributed by atoms with van der Waals surface area (Å²) in [4.78, 5) is 88.5. The van der Waals surface area contributed by atoms with E-state index in [0.29, 0.717) is 12.2 Å². The Morgan fingerprint density at radius 1 is 0.857 bits per heavy atom. The van der Waals surface area contributed by atoms with Crippen LogP contribution in [0.4, 0.5) is 5.82 Å². The van der Waals surface area contributed by atoms with E-state index in [-0.39, 0.29) is 41.6 Å². The zero-order valence-electron chi connectivity index (χ0n) is 40.7. The third-order valence-corrected chi connectivity index (χ3v) is 15.7. The van der Waals surface area contributed by atoms with Gasteiger partial charge in [-0.3, -0.25) is 32.5 Å². The number of nitrogens with one attached hydrogen (secondary N) is 2. The lowest BCUT2D eigenvalue weighted by Crippen LogP contribution is -2.46. The van der Waals surface area contributed by atoms with Crippen molar-refractivity contribution in [1.29, 1.82) is 0 Å². The van der Waals surface area contributed by atoms with Crippen LogP contribution < -0.4 is 16.4 Å². The highest BCUT2D eigenvalue weighted by molar-refractivity contribution is 8.13. The highest BCUT2D eigenvalue weighted by Crippen LogP contribution is 2.61. The van der Waals surface area contributed by atoms with E-state index < -0.39 is 84.6 Å². The van der Waals surface area contributed by atoms with Crippen LogP contribution >= 0.6 is 35.2 Å². The molecule has 24 nitrogen and oxygen atoms in total. The lowest BCUT2D eigenvalue weighted by atomic mass is 9.87. The van der Waals surface area contributed by atoms with Crippen LogP contribution in [-0.2, 0) is 50.7 Å². The number of anilines is 1. The molecule has 1 aliphatic rings. The van der Waals surface area contributed by atoms with Gasteiger partial charge in [0.15, 0.2) is 22.8 Å². The van der Waals surface area contributed by atoms with Crippen molar-refractivity contribution in [2.75, 3.05) is 37.8 Å². The number of aliphatic hydroxyl groups is 2. The number of ether oxygens (including phenoxy) is 1. The number of nitrogen functional groups attached to an aromatic ring is 1. The Kier molecular flexibility index (Phi) is 27.1. The van der Waals surface area contributed by atoms with E-state index in [1.54, 1.807) is 0 Å². The highest BCUT2D eigenvalue weighted by atomic mass is 32.2. The predicted octanol–water partition coefficient (Wildman–Crippen LogP) is 5.95. The summed E-state index contributed by atoms with van der Waals surface area (Å²) < 4.78 is 62.5. The highest BCUT2D eigenvalue weighted by Gasteiger charge is 2.50. The van der Waals surface area contributed by atoms with Crippen LogP contribution in [0.3, 0.4) is 0 Å². The molecule has 3 rings (SSSR count). The van der Waals surface area contributed by atoms with Gasteiger partial charge >= 0.3 is 23.5 Å². The fourth-order valence-electron chi connectivity index (χ4n) is 7.61. The Labute approximate surface area is 414 Å². The molecule has 2 aromatic heterocycles. The number of hydrogen-bond donors (Lipinski definition) is 9. The quantitative estimate of drug-likeness (QED) is 0.0279. The van der Waals surface area contributed by atoms with Crippen LogP contribution in [0.1, 0.15) is 149 Å². The zero-order chi connectivity index (χ0) is 52.0. The number of phosphoric ester groups is 3. The predicted molar refractivity (Wildman–Crippen MR) is 260 cm³/mol. The summed E-state index contributed by atoms with van der Waals surface area (Å²) >= 11 is 1.16. The van der Waals surface area contributed by atoms with Crippen molar-refractivity contribution in [3.05, 3.63) is 12.7 Å². The van der Waals surface area contributed by atoms with Gasteiger partial charge in [0.2, 0.25) is 11.8 Å². The van der Waals surface area contributed by atoms with Gasteiger partial charge in [0.05, 0.1) is 19.5 Å². The van der Waals surface area contributed by atoms with Crippen LogP contribution in [0.25, 0.3) is 11.2 Å². The molecular formula is C42H76N7O17P3S. The summed E-state index contributed by atoms with van der Waals surface area (Å²) in [5, 5.41) is 26.7. The molecule has 70 heavy (non-hydrogen) atoms. The van der Waals surface area contributed by atoms with Gasteiger partial charge in [0, 0.05) is 37.1 Å². The maximum atomic E-state index is 12.8. The van der Waals surface area contributed by atoms with E-state index in [1.807, 2.05) is 0 Å². The maximum Gasteiger partial charge on any atom is 0.481 e. The van der Waals surface area contributed by atoms with E-state index >= 15 is 0 Å². The number of nitrogens with zero attached hydrogens (tertiary/aromatic N) is 4. The van der Waals surface area contributed by atoms with E-state index in [2.05, 4.69) is 48.3 Å². The molecule has 1 saturated heterocycles. The van der Waals surface area contributed by atoms with Gasteiger partial charge in [-0.05, 0) is 12.3 Å². The SMILES string of the molecule is CCCCCCCC(C)CCCCCCCCCCCC(=O)SCCNC(=O)CCNC(=O)C(O)C(C)(C)COP(=O)(O)OP(=O)(O)OCC1OC(n2cnc3c(N)ncnc32)C(O)C1OP(=O)(O)O. The van der Waals surface area contributed by atoms with Crippen molar-refractivity contribution in [2.24, 2.45) is 11.3 Å². The number of imidazole rings is 1. The Morgan fingerprint density at radius 2 is 1.46 bits per heavy atom. The molecule has 2 aromatic rings. The van der Waals surface area contributed by atoms with Crippen molar-refractivity contribution < 1.29 is 80.5 Å². The van der Waals surface area contributed by atoms with E-state index in [9.17, 15) is 57.9 Å². The van der Waals surface area contributed by atoms with Crippen molar-refractivity contribution in [3.8, 4) is 0 Å². The van der Waals surface area contributed by atoms with E-state index in [4.69, 9.17) is 19.5 Å². The number of aromatic nitrogens is 4. The molecule has 8 unspecified atom stereocenters. The summed E-state index contributed by atoms with van der Waals surface area (Å²) in [6.07, 6.45) is 13.7. The number of fused-ring (bicyclic) bond motifs is 1. The molecule has 0 saturated carbocycles. The van der Waals surface area contributed by atoms with Crippen LogP contribution in [0.5, 0.6) is 0 Å².